The molecule has 0 aliphatic heterocycles. The van der Waals surface area contributed by atoms with E-state index in [2.05, 4.69) is 20.8 Å². The van der Waals surface area contributed by atoms with Crippen LogP contribution in [0.25, 0.3) is 0 Å². The summed E-state index contributed by atoms with van der Waals surface area (Å²) in [5.74, 6) is 0. The highest BCUT2D eigenvalue weighted by atomic mass is 79.9. The van der Waals surface area contributed by atoms with E-state index in [9.17, 15) is 0 Å². The van der Waals surface area contributed by atoms with Crippen LogP contribution >= 0.6 is 27.5 Å². The Morgan fingerprint density at radius 3 is 2.31 bits per heavy atom. The number of alkyl halides is 1. The molecule has 1 unspecified atom stereocenters. The van der Waals surface area contributed by atoms with Gasteiger partial charge in [0.05, 0.1) is 5.38 Å². The lowest BCUT2D eigenvalue weighted by atomic mass is 10.1. The van der Waals surface area contributed by atoms with E-state index in [1.807, 2.05) is 38.4 Å². The predicted octanol–water partition coefficient (Wildman–Crippen LogP) is 3.29. The van der Waals surface area contributed by atoms with E-state index in [0.717, 1.165) is 11.0 Å². The molecule has 1 nitrogen and oxygen atoms in total. The highest BCUT2D eigenvalue weighted by Crippen LogP contribution is 2.22. The topological polar surface area (TPSA) is 3.24 Å². The molecule has 72 valence electrons. The molecule has 1 aromatic rings. The average Bonchev–Trinajstić information content (AvgIpc) is 2.04. The average molecular weight is 263 g/mol. The quantitative estimate of drug-likeness (QED) is 0.756. The van der Waals surface area contributed by atoms with Crippen LogP contribution in [0.2, 0.25) is 0 Å². The van der Waals surface area contributed by atoms with Gasteiger partial charge in [-0.15, -0.1) is 11.6 Å². The number of likely N-dealkylation sites (N-methyl/N-ethyl adjacent to an activating group) is 1. The van der Waals surface area contributed by atoms with Gasteiger partial charge < -0.3 is 4.90 Å². The number of halogens is 2. The Morgan fingerprint density at radius 1 is 1.31 bits per heavy atom. The smallest absolute Gasteiger partial charge is 0.0712 e. The fraction of sp³-hybridized carbons (Fsp3) is 0.400. The van der Waals surface area contributed by atoms with Crippen LogP contribution in [-0.2, 0) is 0 Å². The third-order valence-corrected chi connectivity index (χ3v) is 2.68. The van der Waals surface area contributed by atoms with Crippen molar-refractivity contribution in [3.63, 3.8) is 0 Å². The minimum Gasteiger partial charge on any atom is -0.308 e. The molecule has 0 radical (unpaired) electrons. The van der Waals surface area contributed by atoms with E-state index < -0.39 is 0 Å². The molecule has 0 saturated carbocycles. The van der Waals surface area contributed by atoms with Crippen LogP contribution in [0, 0.1) is 0 Å². The Hall–Kier alpha value is -0.0500. The van der Waals surface area contributed by atoms with Gasteiger partial charge in [0.15, 0.2) is 0 Å². The van der Waals surface area contributed by atoms with Crippen molar-refractivity contribution in [1.29, 1.82) is 0 Å². The first-order chi connectivity index (χ1) is 6.09. The molecule has 0 N–H and O–H groups in total. The van der Waals surface area contributed by atoms with Crippen LogP contribution in [0.5, 0.6) is 0 Å². The molecule has 0 spiro atoms. The normalized spacial score (nSPS) is 13.3. The molecule has 0 fully saturated rings. The first-order valence-corrected chi connectivity index (χ1v) is 5.37. The third kappa shape index (κ3) is 3.67. The molecule has 3 heteroatoms. The maximum atomic E-state index is 6.20. The molecule has 0 saturated heterocycles. The van der Waals surface area contributed by atoms with Crippen molar-refractivity contribution in [2.75, 3.05) is 20.6 Å². The second-order valence-corrected chi connectivity index (χ2v) is 4.72. The molecule has 13 heavy (non-hydrogen) atoms. The van der Waals surface area contributed by atoms with Crippen molar-refractivity contribution in [2.24, 2.45) is 0 Å². The van der Waals surface area contributed by atoms with E-state index in [1.165, 1.54) is 5.56 Å². The van der Waals surface area contributed by atoms with Crippen LogP contribution in [0.3, 0.4) is 0 Å². The molecule has 1 aromatic carbocycles. The number of benzene rings is 1. The molecular weight excluding hydrogens is 249 g/mol. The van der Waals surface area contributed by atoms with Crippen molar-refractivity contribution in [2.45, 2.75) is 5.38 Å². The zero-order valence-corrected chi connectivity index (χ0v) is 10.1. The Morgan fingerprint density at radius 2 is 1.85 bits per heavy atom. The lowest BCUT2D eigenvalue weighted by Crippen LogP contribution is -2.17. The molecule has 0 amide bonds. The van der Waals surface area contributed by atoms with Gasteiger partial charge in [-0.05, 0) is 31.8 Å². The van der Waals surface area contributed by atoms with Gasteiger partial charge in [-0.1, -0.05) is 28.1 Å². The van der Waals surface area contributed by atoms with Gasteiger partial charge in [0.2, 0.25) is 0 Å². The summed E-state index contributed by atoms with van der Waals surface area (Å²) < 4.78 is 1.09. The Labute approximate surface area is 92.8 Å². The van der Waals surface area contributed by atoms with Crippen molar-refractivity contribution >= 4 is 27.5 Å². The molecule has 0 aliphatic carbocycles. The van der Waals surface area contributed by atoms with Crippen molar-refractivity contribution in [1.82, 2.24) is 4.90 Å². The van der Waals surface area contributed by atoms with E-state index in [1.54, 1.807) is 0 Å². The number of rotatable bonds is 3. The van der Waals surface area contributed by atoms with Gasteiger partial charge in [0.25, 0.3) is 0 Å². The highest BCUT2D eigenvalue weighted by Gasteiger charge is 2.07. The molecule has 0 heterocycles. The fourth-order valence-corrected chi connectivity index (χ4v) is 1.78. The van der Waals surface area contributed by atoms with Gasteiger partial charge in [-0.2, -0.15) is 0 Å². The lowest BCUT2D eigenvalue weighted by Gasteiger charge is -2.15. The number of hydrogen-bond donors (Lipinski definition) is 0. The summed E-state index contributed by atoms with van der Waals surface area (Å²) in [4.78, 5) is 2.08. The zero-order chi connectivity index (χ0) is 9.84. The molecule has 0 aliphatic rings. The first kappa shape index (κ1) is 11.0. The van der Waals surface area contributed by atoms with Gasteiger partial charge in [-0.25, -0.2) is 0 Å². The van der Waals surface area contributed by atoms with Crippen LogP contribution in [0.4, 0.5) is 0 Å². The van der Waals surface area contributed by atoms with Gasteiger partial charge >= 0.3 is 0 Å². The van der Waals surface area contributed by atoms with Crippen molar-refractivity contribution in [3.8, 4) is 0 Å². The van der Waals surface area contributed by atoms with Crippen LogP contribution in [0.15, 0.2) is 28.7 Å². The van der Waals surface area contributed by atoms with E-state index in [4.69, 9.17) is 11.6 Å². The maximum absolute atomic E-state index is 6.20. The molecule has 0 bridgehead atoms. The van der Waals surface area contributed by atoms with E-state index >= 15 is 0 Å². The van der Waals surface area contributed by atoms with Crippen molar-refractivity contribution < 1.29 is 0 Å². The SMILES string of the molecule is CN(C)CC(Cl)c1ccc(Br)cc1. The van der Waals surface area contributed by atoms with Crippen molar-refractivity contribution in [3.05, 3.63) is 34.3 Å². The fourth-order valence-electron chi connectivity index (χ4n) is 1.10. The summed E-state index contributed by atoms with van der Waals surface area (Å²) in [7, 11) is 4.04. The van der Waals surface area contributed by atoms with Gasteiger partial charge in [-0.3, -0.25) is 0 Å². The maximum Gasteiger partial charge on any atom is 0.0712 e. The number of nitrogens with zero attached hydrogens (tertiary/aromatic N) is 1. The third-order valence-electron chi connectivity index (χ3n) is 1.76. The van der Waals surface area contributed by atoms with Gasteiger partial charge in [0, 0.05) is 11.0 Å². The summed E-state index contributed by atoms with van der Waals surface area (Å²) in [5, 5.41) is 0.0723. The highest BCUT2D eigenvalue weighted by molar-refractivity contribution is 9.10. The molecule has 1 rings (SSSR count). The van der Waals surface area contributed by atoms with Crippen LogP contribution < -0.4 is 0 Å². The minimum absolute atomic E-state index is 0.0723. The Balaban J connectivity index is 2.66. The monoisotopic (exact) mass is 261 g/mol. The van der Waals surface area contributed by atoms with E-state index in [0.29, 0.717) is 0 Å². The second kappa shape index (κ2) is 4.99. The lowest BCUT2D eigenvalue weighted by molar-refractivity contribution is 0.408. The Bertz CT molecular complexity index is 258. The predicted molar refractivity (Wildman–Crippen MR) is 61.3 cm³/mol. The molecule has 1 atom stereocenters. The van der Waals surface area contributed by atoms with Crippen LogP contribution in [0.1, 0.15) is 10.9 Å². The standard InChI is InChI=1S/C10H13BrClN/c1-13(2)7-10(12)8-3-5-9(11)6-4-8/h3-6,10H,7H2,1-2H3. The Kier molecular flexibility index (Phi) is 4.23. The largest absolute Gasteiger partial charge is 0.308 e. The summed E-state index contributed by atoms with van der Waals surface area (Å²) >= 11 is 9.59. The van der Waals surface area contributed by atoms with Gasteiger partial charge in [0.1, 0.15) is 0 Å². The number of hydrogen-bond acceptors (Lipinski definition) is 1. The summed E-state index contributed by atoms with van der Waals surface area (Å²) in [6, 6.07) is 8.12. The summed E-state index contributed by atoms with van der Waals surface area (Å²) in [6.45, 7) is 0.864. The van der Waals surface area contributed by atoms with Crippen LogP contribution in [-0.4, -0.2) is 25.5 Å². The first-order valence-electron chi connectivity index (χ1n) is 4.14. The second-order valence-electron chi connectivity index (χ2n) is 3.28. The molecular formula is C10H13BrClN. The zero-order valence-electron chi connectivity index (χ0n) is 7.80. The van der Waals surface area contributed by atoms with E-state index in [-0.39, 0.29) is 5.38 Å². The summed E-state index contributed by atoms with van der Waals surface area (Å²) in [6.07, 6.45) is 0. The minimum atomic E-state index is 0.0723. The molecule has 0 aromatic heterocycles. The summed E-state index contributed by atoms with van der Waals surface area (Å²) in [5.41, 5.74) is 1.17.